The third-order valence-electron chi connectivity index (χ3n) is 5.45. The van der Waals surface area contributed by atoms with E-state index in [4.69, 9.17) is 9.94 Å². The first-order chi connectivity index (χ1) is 15.0. The molecule has 1 saturated heterocycles. The molecule has 2 aliphatic heterocycles. The Bertz CT molecular complexity index is 1310. The van der Waals surface area contributed by atoms with Crippen LogP contribution in [0.15, 0.2) is 71.9 Å². The number of amides is 2. The van der Waals surface area contributed by atoms with E-state index in [1.54, 1.807) is 18.2 Å². The Morgan fingerprint density at radius 3 is 2.35 bits per heavy atom. The summed E-state index contributed by atoms with van der Waals surface area (Å²) in [6, 6.07) is 17.9. The van der Waals surface area contributed by atoms with Gasteiger partial charge in [-0.2, -0.15) is 0 Å². The van der Waals surface area contributed by atoms with Gasteiger partial charge in [-0.25, -0.2) is 9.69 Å². The van der Waals surface area contributed by atoms with E-state index >= 15 is 0 Å². The van der Waals surface area contributed by atoms with E-state index < -0.39 is 35.6 Å². The number of rotatable bonds is 4. The molecule has 2 heterocycles. The van der Waals surface area contributed by atoms with Crippen molar-refractivity contribution in [3.8, 4) is 0 Å². The van der Waals surface area contributed by atoms with Crippen LogP contribution in [0.4, 0.5) is 5.69 Å². The van der Waals surface area contributed by atoms with Gasteiger partial charge in [0.2, 0.25) is 17.8 Å². The molecular formula is C23H14N2O6. The first-order valence-electron chi connectivity index (χ1n) is 9.44. The smallest absolute Gasteiger partial charge is 0.335 e. The van der Waals surface area contributed by atoms with Crippen molar-refractivity contribution in [3.63, 3.8) is 0 Å². The molecule has 5 rings (SSSR count). The van der Waals surface area contributed by atoms with Crippen molar-refractivity contribution in [2.24, 2.45) is 11.1 Å². The number of carbonyl (C=O) groups is 4. The highest BCUT2D eigenvalue weighted by molar-refractivity contribution is 6.53. The average Bonchev–Trinajstić information content (AvgIpc) is 3.33. The summed E-state index contributed by atoms with van der Waals surface area (Å²) in [6.45, 7) is 0. The van der Waals surface area contributed by atoms with Crippen LogP contribution < -0.4 is 4.90 Å². The molecule has 2 aliphatic rings. The summed E-state index contributed by atoms with van der Waals surface area (Å²) >= 11 is 0. The highest BCUT2D eigenvalue weighted by Gasteiger charge is 2.57. The summed E-state index contributed by atoms with van der Waals surface area (Å²) in [6.07, 6.45) is -1.22. The van der Waals surface area contributed by atoms with Gasteiger partial charge in [0.05, 0.1) is 11.3 Å². The van der Waals surface area contributed by atoms with Gasteiger partial charge in [0.15, 0.2) is 0 Å². The molecule has 0 aromatic heterocycles. The largest absolute Gasteiger partial charge is 0.478 e. The van der Waals surface area contributed by atoms with Crippen LogP contribution in [0.1, 0.15) is 20.7 Å². The lowest BCUT2D eigenvalue weighted by Gasteiger charge is -2.15. The van der Waals surface area contributed by atoms with Gasteiger partial charge >= 0.3 is 5.97 Å². The average molecular weight is 414 g/mol. The number of carboxylic acid groups (broad SMARTS) is 1. The van der Waals surface area contributed by atoms with E-state index in [0.717, 1.165) is 10.3 Å². The molecule has 2 atom stereocenters. The molecule has 0 saturated carbocycles. The van der Waals surface area contributed by atoms with Crippen molar-refractivity contribution < 1.29 is 29.1 Å². The van der Waals surface area contributed by atoms with Gasteiger partial charge in [-0.15, -0.1) is 0 Å². The number of ketones is 1. The summed E-state index contributed by atoms with van der Waals surface area (Å²) < 4.78 is 0. The number of carboxylic acids is 1. The fourth-order valence-corrected chi connectivity index (χ4v) is 3.94. The zero-order valence-corrected chi connectivity index (χ0v) is 15.9. The third kappa shape index (κ3) is 2.80. The van der Waals surface area contributed by atoms with Gasteiger partial charge in [0.1, 0.15) is 11.6 Å². The van der Waals surface area contributed by atoms with Crippen LogP contribution in [0.3, 0.4) is 0 Å². The summed E-state index contributed by atoms with van der Waals surface area (Å²) in [5, 5.41) is 14.4. The molecule has 0 radical (unpaired) electrons. The highest BCUT2D eigenvalue weighted by Crippen LogP contribution is 2.35. The molecule has 1 fully saturated rings. The van der Waals surface area contributed by atoms with Crippen LogP contribution in [-0.4, -0.2) is 40.5 Å². The number of hydrogen-bond donors (Lipinski definition) is 1. The monoisotopic (exact) mass is 414 g/mol. The van der Waals surface area contributed by atoms with Crippen LogP contribution in [0, 0.1) is 5.92 Å². The fourth-order valence-electron chi connectivity index (χ4n) is 3.94. The zero-order chi connectivity index (χ0) is 21.7. The Balaban J connectivity index is 1.49. The second kappa shape index (κ2) is 6.88. The second-order valence-corrected chi connectivity index (χ2v) is 7.20. The summed E-state index contributed by atoms with van der Waals surface area (Å²) in [4.78, 5) is 56.3. The Labute approximate surface area is 175 Å². The maximum atomic E-state index is 13.3. The molecule has 3 aromatic carbocycles. The molecular weight excluding hydrogens is 400 g/mol. The van der Waals surface area contributed by atoms with Gasteiger partial charge in [-0.1, -0.05) is 47.6 Å². The molecule has 31 heavy (non-hydrogen) atoms. The minimum atomic E-state index is -1.22. The van der Waals surface area contributed by atoms with Crippen molar-refractivity contribution in [1.82, 2.24) is 0 Å². The van der Waals surface area contributed by atoms with Gasteiger partial charge in [0.25, 0.3) is 5.91 Å². The molecule has 8 heteroatoms. The Morgan fingerprint density at radius 2 is 1.61 bits per heavy atom. The molecule has 1 N–H and O–H groups in total. The molecule has 2 amide bonds. The number of benzene rings is 3. The predicted octanol–water partition coefficient (Wildman–Crippen LogP) is 2.67. The Morgan fingerprint density at radius 1 is 0.903 bits per heavy atom. The summed E-state index contributed by atoms with van der Waals surface area (Å²) in [5.74, 6) is -4.04. The van der Waals surface area contributed by atoms with Crippen molar-refractivity contribution >= 4 is 45.7 Å². The molecule has 0 bridgehead atoms. The molecule has 152 valence electrons. The van der Waals surface area contributed by atoms with E-state index in [1.807, 2.05) is 24.3 Å². The van der Waals surface area contributed by atoms with E-state index in [-0.39, 0.29) is 17.0 Å². The number of hydrogen-bond acceptors (Lipinski definition) is 6. The van der Waals surface area contributed by atoms with E-state index in [9.17, 15) is 19.2 Å². The lowest BCUT2D eigenvalue weighted by Crippen LogP contribution is -2.34. The van der Waals surface area contributed by atoms with Crippen molar-refractivity contribution in [2.75, 3.05) is 4.90 Å². The van der Waals surface area contributed by atoms with Crippen LogP contribution in [0.5, 0.6) is 0 Å². The first-order valence-corrected chi connectivity index (χ1v) is 9.44. The van der Waals surface area contributed by atoms with Gasteiger partial charge in [0, 0.05) is 5.56 Å². The maximum absolute atomic E-state index is 13.3. The SMILES string of the molecule is O=C(O)c1ccc(N2C(=O)[C@@H]3C(C(=O)c4cccc5ccccc45)=NO[C@@H]3C2=O)cc1. The molecule has 3 aromatic rings. The number of Topliss-reactive ketones (excluding diaryl/α,β-unsaturated/α-hetero) is 1. The quantitative estimate of drug-likeness (QED) is 0.519. The molecule has 0 unspecified atom stereocenters. The van der Waals surface area contributed by atoms with Crippen LogP contribution >= 0.6 is 0 Å². The van der Waals surface area contributed by atoms with Crippen molar-refractivity contribution in [2.45, 2.75) is 6.10 Å². The van der Waals surface area contributed by atoms with Gasteiger partial charge in [-0.3, -0.25) is 14.4 Å². The number of aromatic carboxylic acids is 1. The van der Waals surface area contributed by atoms with Crippen LogP contribution in [0.25, 0.3) is 10.8 Å². The first kappa shape index (κ1) is 18.7. The lowest BCUT2D eigenvalue weighted by molar-refractivity contribution is -0.126. The van der Waals surface area contributed by atoms with Gasteiger partial charge in [-0.05, 0) is 35.0 Å². The molecule has 8 nitrogen and oxygen atoms in total. The van der Waals surface area contributed by atoms with Crippen molar-refractivity contribution in [3.05, 3.63) is 77.9 Å². The van der Waals surface area contributed by atoms with E-state index in [1.165, 1.54) is 24.3 Å². The van der Waals surface area contributed by atoms with Crippen molar-refractivity contribution in [1.29, 1.82) is 0 Å². The molecule has 0 aliphatic carbocycles. The van der Waals surface area contributed by atoms with E-state index in [0.29, 0.717) is 10.9 Å². The fraction of sp³-hybridized carbons (Fsp3) is 0.0870. The maximum Gasteiger partial charge on any atom is 0.335 e. The third-order valence-corrected chi connectivity index (χ3v) is 5.45. The normalized spacial score (nSPS) is 19.9. The van der Waals surface area contributed by atoms with E-state index in [2.05, 4.69) is 5.16 Å². The van der Waals surface area contributed by atoms with Crippen LogP contribution in [0.2, 0.25) is 0 Å². The number of imide groups is 1. The topological polar surface area (TPSA) is 113 Å². The molecule has 0 spiro atoms. The predicted molar refractivity (Wildman–Crippen MR) is 110 cm³/mol. The number of carbonyl (C=O) groups excluding carboxylic acids is 3. The minimum Gasteiger partial charge on any atom is -0.478 e. The zero-order valence-electron chi connectivity index (χ0n) is 15.9. The Kier molecular flexibility index (Phi) is 4.14. The minimum absolute atomic E-state index is 0.0210. The number of nitrogens with zero attached hydrogens (tertiary/aromatic N) is 2. The second-order valence-electron chi connectivity index (χ2n) is 7.20. The Hall–Kier alpha value is -4.33. The summed E-state index contributed by atoms with van der Waals surface area (Å²) in [5.41, 5.74) is 0.470. The summed E-state index contributed by atoms with van der Waals surface area (Å²) in [7, 11) is 0. The lowest BCUT2D eigenvalue weighted by atomic mass is 9.91. The number of fused-ring (bicyclic) bond motifs is 2. The van der Waals surface area contributed by atoms with Gasteiger partial charge < -0.3 is 9.94 Å². The highest BCUT2D eigenvalue weighted by atomic mass is 16.7. The standard InChI is InChI=1S/C23H14N2O6/c26-19(16-7-3-5-12-4-1-2-6-15(12)16)18-17-20(31-24-18)22(28)25(21(17)27)14-10-8-13(9-11-14)23(29)30/h1-11,17,20H,(H,29,30)/t17-,20+/m1/s1. The number of anilines is 1. The van der Waals surface area contributed by atoms with Crippen LogP contribution in [-0.2, 0) is 14.4 Å². The number of oxime groups is 1.